The number of para-hydroxylation sites is 1. The molecule has 2 aromatic rings. The summed E-state index contributed by atoms with van der Waals surface area (Å²) in [7, 11) is 1.33. The second-order valence-electron chi connectivity index (χ2n) is 12.8. The standard InChI is InChI=1S/C33H45N7O5/c1-3-4-5-6-7-12-29(42)35-18-23-20-40(38-37-23)16-15-33(25-10-8-9-11-26(25)36-32(33)44)28-17-24-22(19-39(28)21-34)13-14-27(41)30(24)31(43)45-2/h8-11,20,22,24,27-28,30,41H,3-7,12-19H2,1-2H3,(H,35,42)(H,36,44)/t22-,24-,27-,28-,30+,33-/m0/s1. The van der Waals surface area contributed by atoms with Crippen molar-refractivity contribution in [2.75, 3.05) is 19.0 Å². The lowest BCUT2D eigenvalue weighted by atomic mass is 9.60. The van der Waals surface area contributed by atoms with Crippen molar-refractivity contribution in [1.29, 1.82) is 5.26 Å². The highest BCUT2D eigenvalue weighted by Gasteiger charge is 2.58. The van der Waals surface area contributed by atoms with Crippen molar-refractivity contribution in [3.63, 3.8) is 0 Å². The van der Waals surface area contributed by atoms with Crippen molar-refractivity contribution in [2.45, 2.75) is 102 Å². The lowest BCUT2D eigenvalue weighted by molar-refractivity contribution is -0.160. The van der Waals surface area contributed by atoms with Crippen LogP contribution >= 0.6 is 0 Å². The van der Waals surface area contributed by atoms with Crippen molar-refractivity contribution in [3.8, 4) is 6.19 Å². The molecule has 12 heteroatoms. The number of aliphatic hydroxyl groups is 1. The quantitative estimate of drug-likeness (QED) is 0.174. The van der Waals surface area contributed by atoms with Gasteiger partial charge in [0.05, 0.1) is 43.3 Å². The summed E-state index contributed by atoms with van der Waals surface area (Å²) >= 11 is 0. The zero-order chi connectivity index (χ0) is 32.0. The van der Waals surface area contributed by atoms with Crippen LogP contribution in [0, 0.1) is 29.2 Å². The molecule has 45 heavy (non-hydrogen) atoms. The Labute approximate surface area is 264 Å². The zero-order valence-corrected chi connectivity index (χ0v) is 26.3. The minimum Gasteiger partial charge on any atom is -0.469 e. The number of hydrogen-bond donors (Lipinski definition) is 3. The number of ether oxygens (including phenoxy) is 1. The molecule has 3 aliphatic rings. The maximum atomic E-state index is 14.1. The molecule has 242 valence electrons. The van der Waals surface area contributed by atoms with E-state index in [4.69, 9.17) is 4.74 Å². The first kappa shape index (κ1) is 32.4. The Morgan fingerprint density at radius 2 is 2.02 bits per heavy atom. The molecule has 1 aromatic heterocycles. The maximum Gasteiger partial charge on any atom is 0.311 e. The summed E-state index contributed by atoms with van der Waals surface area (Å²) in [6, 6.07) is 6.98. The van der Waals surface area contributed by atoms with Crippen LogP contribution in [0.15, 0.2) is 30.5 Å². The van der Waals surface area contributed by atoms with Crippen molar-refractivity contribution < 1.29 is 24.2 Å². The fraction of sp³-hybridized carbons (Fsp3) is 0.636. The van der Waals surface area contributed by atoms with Crippen LogP contribution in [0.3, 0.4) is 0 Å². The van der Waals surface area contributed by atoms with Crippen LogP contribution < -0.4 is 10.6 Å². The van der Waals surface area contributed by atoms with Gasteiger partial charge in [0, 0.05) is 25.2 Å². The third-order valence-corrected chi connectivity index (χ3v) is 10.1. The van der Waals surface area contributed by atoms with Gasteiger partial charge in [0.2, 0.25) is 11.8 Å². The smallest absolute Gasteiger partial charge is 0.311 e. The molecule has 2 fully saturated rings. The molecule has 0 bridgehead atoms. The number of rotatable bonds is 13. The number of aromatic nitrogens is 3. The van der Waals surface area contributed by atoms with E-state index in [1.165, 1.54) is 20.0 Å². The van der Waals surface area contributed by atoms with E-state index in [0.29, 0.717) is 56.6 Å². The normalized spacial score (nSPS) is 27.2. The largest absolute Gasteiger partial charge is 0.469 e. The number of nitrogens with zero attached hydrogens (tertiary/aromatic N) is 5. The highest BCUT2D eigenvalue weighted by Crippen LogP contribution is 2.51. The average molecular weight is 620 g/mol. The first-order chi connectivity index (χ1) is 21.8. The van der Waals surface area contributed by atoms with Crippen LogP contribution in [0.5, 0.6) is 0 Å². The summed E-state index contributed by atoms with van der Waals surface area (Å²) in [6.45, 7) is 3.17. The Kier molecular flexibility index (Phi) is 10.4. The Hall–Kier alpha value is -3.98. The molecule has 1 saturated heterocycles. The molecule has 1 saturated carbocycles. The van der Waals surface area contributed by atoms with Crippen LogP contribution in [0.2, 0.25) is 0 Å². The van der Waals surface area contributed by atoms with Crippen LogP contribution in [-0.2, 0) is 37.6 Å². The molecular weight excluding hydrogens is 574 g/mol. The maximum absolute atomic E-state index is 14.1. The van der Waals surface area contributed by atoms with Gasteiger partial charge in [0.15, 0.2) is 6.19 Å². The number of likely N-dealkylation sites (tertiary alicyclic amines) is 1. The predicted molar refractivity (Wildman–Crippen MR) is 165 cm³/mol. The van der Waals surface area contributed by atoms with Gasteiger partial charge in [-0.25, -0.2) is 0 Å². The SMILES string of the molecule is CCCCCCCC(=O)NCc1cn(CC[C@]2([C@@H]3C[C@H]4[C@@H](CC[C@H](O)[C@@H]4C(=O)OC)CN3C#N)C(=O)Nc3ccccc32)nn1. The lowest BCUT2D eigenvalue weighted by Crippen LogP contribution is -2.61. The van der Waals surface area contributed by atoms with Gasteiger partial charge in [-0.15, -0.1) is 5.10 Å². The summed E-state index contributed by atoms with van der Waals surface area (Å²) in [5.41, 5.74) is 1.01. The van der Waals surface area contributed by atoms with Gasteiger partial charge >= 0.3 is 5.97 Å². The van der Waals surface area contributed by atoms with E-state index in [2.05, 4.69) is 34.1 Å². The second kappa shape index (κ2) is 14.4. The summed E-state index contributed by atoms with van der Waals surface area (Å²) in [5, 5.41) is 35.7. The third-order valence-electron chi connectivity index (χ3n) is 10.1. The Morgan fingerprint density at radius 1 is 1.22 bits per heavy atom. The topological polar surface area (TPSA) is 162 Å². The van der Waals surface area contributed by atoms with Gasteiger partial charge in [0.1, 0.15) is 5.69 Å². The van der Waals surface area contributed by atoms with Gasteiger partial charge in [-0.2, -0.15) is 5.26 Å². The van der Waals surface area contributed by atoms with Gasteiger partial charge in [-0.05, 0) is 55.6 Å². The molecule has 0 unspecified atom stereocenters. The molecule has 2 aliphatic heterocycles. The third kappa shape index (κ3) is 6.69. The number of carbonyl (C=O) groups excluding carboxylic acids is 3. The first-order valence-corrected chi connectivity index (χ1v) is 16.3. The van der Waals surface area contributed by atoms with Crippen LogP contribution in [0.25, 0.3) is 0 Å². The van der Waals surface area contributed by atoms with Crippen molar-refractivity contribution in [3.05, 3.63) is 41.7 Å². The number of esters is 1. The monoisotopic (exact) mass is 619 g/mol. The summed E-state index contributed by atoms with van der Waals surface area (Å²) in [4.78, 5) is 41.0. The molecule has 0 spiro atoms. The number of methoxy groups -OCH3 is 1. The number of amides is 2. The number of aliphatic hydroxyl groups excluding tert-OH is 1. The van der Waals surface area contributed by atoms with E-state index in [0.717, 1.165) is 24.8 Å². The molecule has 0 radical (unpaired) electrons. The highest BCUT2D eigenvalue weighted by molar-refractivity contribution is 6.07. The van der Waals surface area contributed by atoms with Gasteiger partial charge in [-0.3, -0.25) is 19.1 Å². The molecular formula is C33H45N7O5. The number of nitrogens with one attached hydrogen (secondary N) is 2. The fourth-order valence-electron chi connectivity index (χ4n) is 7.80. The van der Waals surface area contributed by atoms with E-state index >= 15 is 0 Å². The van der Waals surface area contributed by atoms with Crippen molar-refractivity contribution in [2.24, 2.45) is 17.8 Å². The minimum atomic E-state index is -1.11. The molecule has 3 heterocycles. The van der Waals surface area contributed by atoms with Gasteiger partial charge in [0.25, 0.3) is 0 Å². The molecule has 12 nitrogen and oxygen atoms in total. The van der Waals surface area contributed by atoms with E-state index in [-0.39, 0.29) is 30.2 Å². The molecule has 5 rings (SSSR count). The highest BCUT2D eigenvalue weighted by atomic mass is 16.5. The Morgan fingerprint density at radius 3 is 2.80 bits per heavy atom. The number of piperidine rings is 1. The second-order valence-corrected chi connectivity index (χ2v) is 12.8. The van der Waals surface area contributed by atoms with E-state index in [9.17, 15) is 24.8 Å². The molecule has 1 aromatic carbocycles. The summed E-state index contributed by atoms with van der Waals surface area (Å²) < 4.78 is 6.77. The minimum absolute atomic E-state index is 0.00970. The first-order valence-electron chi connectivity index (χ1n) is 16.3. The van der Waals surface area contributed by atoms with Crippen LogP contribution in [0.4, 0.5) is 5.69 Å². The number of aryl methyl sites for hydroxylation is 1. The van der Waals surface area contributed by atoms with Crippen LogP contribution in [-0.4, -0.2) is 68.6 Å². The zero-order valence-electron chi connectivity index (χ0n) is 26.3. The Balaban J connectivity index is 1.35. The summed E-state index contributed by atoms with van der Waals surface area (Å²) in [6.07, 6.45) is 11.1. The summed E-state index contributed by atoms with van der Waals surface area (Å²) in [5.74, 6) is -1.59. The van der Waals surface area contributed by atoms with Crippen LogP contribution in [0.1, 0.15) is 82.4 Å². The predicted octanol–water partition coefficient (Wildman–Crippen LogP) is 3.27. The molecule has 1 aliphatic carbocycles. The number of anilines is 1. The van der Waals surface area contributed by atoms with Gasteiger partial charge < -0.3 is 25.4 Å². The lowest BCUT2D eigenvalue weighted by Gasteiger charge is -2.52. The average Bonchev–Trinajstić information content (AvgIpc) is 3.63. The van der Waals surface area contributed by atoms with Crippen molar-refractivity contribution in [1.82, 2.24) is 25.2 Å². The van der Waals surface area contributed by atoms with Gasteiger partial charge in [-0.1, -0.05) is 56.0 Å². The molecule has 3 N–H and O–H groups in total. The van der Waals surface area contributed by atoms with Crippen molar-refractivity contribution >= 4 is 23.5 Å². The van der Waals surface area contributed by atoms with E-state index in [1.54, 1.807) is 15.8 Å². The molecule has 6 atom stereocenters. The number of fused-ring (bicyclic) bond motifs is 2. The number of carbonyl (C=O) groups is 3. The number of unbranched alkanes of at least 4 members (excludes halogenated alkanes) is 4. The fourth-order valence-corrected chi connectivity index (χ4v) is 7.80. The van der Waals surface area contributed by atoms with E-state index < -0.39 is 29.4 Å². The Bertz CT molecular complexity index is 1410. The number of benzene rings is 1. The number of hydrogen-bond acceptors (Lipinski definition) is 9. The number of nitriles is 1. The molecule has 2 amide bonds. The van der Waals surface area contributed by atoms with E-state index in [1.807, 2.05) is 24.3 Å².